The maximum Gasteiger partial charge on any atom is 0.206 e. The first-order chi connectivity index (χ1) is 20.5. The number of hydrogen-bond donors (Lipinski definition) is 2. The molecule has 7 fully saturated rings. The van der Waals surface area contributed by atoms with Crippen molar-refractivity contribution in [2.24, 2.45) is 35.5 Å². The first-order valence-electron chi connectivity index (χ1n) is 16.7. The number of anilines is 1. The molecule has 3 aliphatic heterocycles. The Morgan fingerprint density at radius 1 is 0.643 bits per heavy atom. The number of rotatable bonds is 3. The molecule has 0 bridgehead atoms. The van der Waals surface area contributed by atoms with Gasteiger partial charge in [0.05, 0.1) is 21.4 Å². The van der Waals surface area contributed by atoms with Crippen molar-refractivity contribution in [2.45, 2.75) is 110 Å². The van der Waals surface area contributed by atoms with Crippen LogP contribution in [0.25, 0.3) is 0 Å². The molecule has 2 aromatic carbocycles. The molecular weight excluding hydrogens is 540 g/mol. The molecule has 9 rings (SSSR count). The van der Waals surface area contributed by atoms with Gasteiger partial charge >= 0.3 is 0 Å². The Balaban J connectivity index is 1.07. The summed E-state index contributed by atoms with van der Waals surface area (Å²) in [7, 11) is -3.65. The predicted octanol–water partition coefficient (Wildman–Crippen LogP) is 5.28. The summed E-state index contributed by atoms with van der Waals surface area (Å²) >= 11 is 0. The van der Waals surface area contributed by atoms with Crippen LogP contribution in [0.5, 0.6) is 0 Å². The Morgan fingerprint density at radius 3 is 1.62 bits per heavy atom. The van der Waals surface area contributed by atoms with Crippen LogP contribution in [-0.4, -0.2) is 44.7 Å². The highest BCUT2D eigenvalue weighted by Crippen LogP contribution is 2.62. The van der Waals surface area contributed by atoms with Gasteiger partial charge in [-0.15, -0.1) is 0 Å². The first-order valence-corrected chi connectivity index (χ1v) is 18.2. The average molecular weight is 583 g/mol. The van der Waals surface area contributed by atoms with Crippen molar-refractivity contribution in [3.05, 3.63) is 54.1 Å². The number of nitrogens with one attached hydrogen (secondary N) is 2. The second-order valence-electron chi connectivity index (χ2n) is 14.6. The monoisotopic (exact) mass is 582 g/mol. The zero-order valence-electron chi connectivity index (χ0n) is 24.2. The lowest BCUT2D eigenvalue weighted by Crippen LogP contribution is -2.54. The van der Waals surface area contributed by atoms with Crippen LogP contribution in [-0.2, 0) is 9.84 Å². The highest BCUT2D eigenvalue weighted by Gasteiger charge is 2.68. The third-order valence-corrected chi connectivity index (χ3v) is 14.9. The lowest BCUT2D eigenvalue weighted by Gasteiger charge is -2.38. The molecule has 42 heavy (non-hydrogen) atoms. The molecule has 4 aliphatic carbocycles. The van der Waals surface area contributed by atoms with Crippen molar-refractivity contribution >= 4 is 15.5 Å². The lowest BCUT2D eigenvalue weighted by atomic mass is 9.76. The summed E-state index contributed by atoms with van der Waals surface area (Å²) < 4.78 is 27.0. The third-order valence-electron chi connectivity index (χ3n) is 13.1. The number of benzene rings is 2. The van der Waals surface area contributed by atoms with Gasteiger partial charge in [-0.05, 0) is 123 Å². The Morgan fingerprint density at radius 2 is 1.12 bits per heavy atom. The first kappa shape index (κ1) is 26.0. The molecule has 0 amide bonds. The minimum atomic E-state index is -3.65. The third kappa shape index (κ3) is 3.64. The molecule has 7 aliphatic rings. The van der Waals surface area contributed by atoms with Gasteiger partial charge < -0.3 is 15.5 Å². The molecule has 4 saturated carbocycles. The fraction of sp³-hybridized carbons (Fsp3) is 0.629. The van der Waals surface area contributed by atoms with E-state index in [4.69, 9.17) is 5.26 Å². The summed E-state index contributed by atoms with van der Waals surface area (Å²) in [6, 6.07) is 19.7. The molecule has 3 heterocycles. The van der Waals surface area contributed by atoms with Crippen molar-refractivity contribution < 1.29 is 8.42 Å². The second kappa shape index (κ2) is 9.55. The number of nitrogens with zero attached hydrogens (tertiary/aromatic N) is 2. The summed E-state index contributed by atoms with van der Waals surface area (Å²) in [5.74, 6) is 4.74. The molecule has 7 heteroatoms. The van der Waals surface area contributed by atoms with Crippen LogP contribution >= 0.6 is 0 Å². The van der Waals surface area contributed by atoms with Crippen LogP contribution in [0.4, 0.5) is 5.69 Å². The summed E-state index contributed by atoms with van der Waals surface area (Å²) in [4.78, 5) is 3.38. The van der Waals surface area contributed by atoms with Crippen LogP contribution in [0.3, 0.4) is 0 Å². The smallest absolute Gasteiger partial charge is 0.206 e. The predicted molar refractivity (Wildman–Crippen MR) is 162 cm³/mol. The number of nitriles is 1. The standard InChI is InChI=1S/C35H42N4O2S/c36-19-20-9-13-22(14-10-20)42(40,41)23-15-11-21(12-16-23)39-34-28(17-26-24-5-1-3-7-30(24)37-32(26)34)29-18-27-25-6-2-4-8-31(25)38-33(27)35(29)39/h9-16,24-35,37-38H,1-8,17-18H2. The fourth-order valence-electron chi connectivity index (χ4n) is 11.6. The fourth-order valence-corrected chi connectivity index (χ4v) is 12.9. The molecule has 220 valence electrons. The average Bonchev–Trinajstić information content (AvgIpc) is 3.80. The van der Waals surface area contributed by atoms with E-state index in [1.165, 1.54) is 69.9 Å². The van der Waals surface area contributed by atoms with Crippen LogP contribution < -0.4 is 15.5 Å². The van der Waals surface area contributed by atoms with Gasteiger partial charge in [0, 0.05) is 41.9 Å². The van der Waals surface area contributed by atoms with Gasteiger partial charge in [-0.25, -0.2) is 8.42 Å². The Bertz CT molecular complexity index is 1470. The van der Waals surface area contributed by atoms with Crippen LogP contribution in [0.1, 0.15) is 69.8 Å². The van der Waals surface area contributed by atoms with E-state index in [1.54, 1.807) is 24.3 Å². The number of sulfone groups is 1. The Labute approximate surface area is 250 Å². The van der Waals surface area contributed by atoms with Gasteiger partial charge in [0.2, 0.25) is 9.84 Å². The molecule has 0 radical (unpaired) electrons. The van der Waals surface area contributed by atoms with Crippen molar-refractivity contribution in [3.63, 3.8) is 0 Å². The van der Waals surface area contributed by atoms with E-state index in [0.717, 1.165) is 35.5 Å². The Hall–Kier alpha value is -2.40. The van der Waals surface area contributed by atoms with E-state index in [1.807, 2.05) is 12.1 Å². The zero-order valence-corrected chi connectivity index (χ0v) is 25.1. The lowest BCUT2D eigenvalue weighted by molar-refractivity contribution is 0.224. The summed E-state index contributed by atoms with van der Waals surface area (Å²) in [5.41, 5.74) is 1.67. The van der Waals surface area contributed by atoms with Gasteiger partial charge in [0.15, 0.2) is 0 Å². The second-order valence-corrected chi connectivity index (χ2v) is 16.6. The highest BCUT2D eigenvalue weighted by molar-refractivity contribution is 7.91. The number of hydrogen-bond acceptors (Lipinski definition) is 6. The van der Waals surface area contributed by atoms with Crippen LogP contribution in [0.15, 0.2) is 58.3 Å². The van der Waals surface area contributed by atoms with E-state index in [9.17, 15) is 8.42 Å². The van der Waals surface area contributed by atoms with E-state index >= 15 is 0 Å². The number of fused-ring (bicyclic) bond motifs is 11. The molecule has 0 spiro atoms. The minimum Gasteiger partial charge on any atom is -0.362 e. The van der Waals surface area contributed by atoms with E-state index in [0.29, 0.717) is 46.7 Å². The van der Waals surface area contributed by atoms with Crippen molar-refractivity contribution in [3.8, 4) is 6.07 Å². The molecule has 2 N–H and O–H groups in total. The molecule has 12 unspecified atom stereocenters. The maximum atomic E-state index is 13.5. The minimum absolute atomic E-state index is 0.239. The van der Waals surface area contributed by atoms with Crippen molar-refractivity contribution in [2.75, 3.05) is 4.90 Å². The quantitative estimate of drug-likeness (QED) is 0.512. The highest BCUT2D eigenvalue weighted by atomic mass is 32.2. The molecule has 6 nitrogen and oxygen atoms in total. The van der Waals surface area contributed by atoms with Gasteiger partial charge in [-0.2, -0.15) is 5.26 Å². The van der Waals surface area contributed by atoms with Gasteiger partial charge in [-0.1, -0.05) is 25.7 Å². The van der Waals surface area contributed by atoms with Crippen LogP contribution in [0.2, 0.25) is 0 Å². The summed E-state index contributed by atoms with van der Waals surface area (Å²) in [6.07, 6.45) is 13.7. The Kier molecular flexibility index (Phi) is 5.92. The van der Waals surface area contributed by atoms with Crippen LogP contribution in [0, 0.1) is 46.8 Å². The van der Waals surface area contributed by atoms with Gasteiger partial charge in [0.1, 0.15) is 0 Å². The topological polar surface area (TPSA) is 85.2 Å². The largest absolute Gasteiger partial charge is 0.362 e. The summed E-state index contributed by atoms with van der Waals surface area (Å²) in [5, 5.41) is 17.6. The van der Waals surface area contributed by atoms with E-state index in [-0.39, 0.29) is 4.90 Å². The van der Waals surface area contributed by atoms with E-state index in [2.05, 4.69) is 33.7 Å². The molecule has 2 aromatic rings. The van der Waals surface area contributed by atoms with Gasteiger partial charge in [0.25, 0.3) is 0 Å². The molecular formula is C35H42N4O2S. The van der Waals surface area contributed by atoms with Crippen molar-refractivity contribution in [1.82, 2.24) is 10.6 Å². The summed E-state index contributed by atoms with van der Waals surface area (Å²) in [6.45, 7) is 0. The van der Waals surface area contributed by atoms with E-state index < -0.39 is 9.84 Å². The zero-order chi connectivity index (χ0) is 28.2. The normalized spacial score (nSPS) is 43.2. The van der Waals surface area contributed by atoms with Crippen molar-refractivity contribution in [1.29, 1.82) is 5.26 Å². The maximum absolute atomic E-state index is 13.5. The molecule has 3 saturated heterocycles. The molecule has 12 atom stereocenters. The molecule has 0 aromatic heterocycles. The van der Waals surface area contributed by atoms with Gasteiger partial charge in [-0.3, -0.25) is 0 Å². The SMILES string of the molecule is N#Cc1ccc(S(=O)(=O)c2ccc(N3C4C(CC5C6CCCCC6NC54)C4CC5C6CCCCC6NC5C43)cc2)cc1.